The summed E-state index contributed by atoms with van der Waals surface area (Å²) in [6.45, 7) is 2.29. The van der Waals surface area contributed by atoms with Crippen LogP contribution in [0.5, 0.6) is 11.5 Å². The number of methoxy groups -OCH3 is 1. The van der Waals surface area contributed by atoms with Gasteiger partial charge in [0.25, 0.3) is 5.91 Å². The smallest absolute Gasteiger partial charge is 0.252 e. The van der Waals surface area contributed by atoms with E-state index < -0.39 is 0 Å². The van der Waals surface area contributed by atoms with E-state index in [0.29, 0.717) is 12.2 Å². The highest BCUT2D eigenvalue weighted by Gasteiger charge is 2.12. The van der Waals surface area contributed by atoms with Gasteiger partial charge in [-0.05, 0) is 59.3 Å². The summed E-state index contributed by atoms with van der Waals surface area (Å²) in [5, 5.41) is 2.91. The number of rotatable bonds is 6. The Labute approximate surface area is 138 Å². The summed E-state index contributed by atoms with van der Waals surface area (Å²) < 4.78 is 11.5. The van der Waals surface area contributed by atoms with E-state index in [-0.39, 0.29) is 11.9 Å². The van der Waals surface area contributed by atoms with Crippen LogP contribution in [0.2, 0.25) is 0 Å². The molecule has 5 heteroatoms. The summed E-state index contributed by atoms with van der Waals surface area (Å²) in [5.74, 6) is 1.39. The van der Waals surface area contributed by atoms with E-state index in [2.05, 4.69) is 21.2 Å². The molecule has 0 aliphatic carbocycles. The van der Waals surface area contributed by atoms with E-state index >= 15 is 0 Å². The first kappa shape index (κ1) is 16.4. The minimum atomic E-state index is -0.127. The summed E-state index contributed by atoms with van der Waals surface area (Å²) in [7, 11) is 1.62. The molecule has 1 N–H and O–H groups in total. The number of halogens is 1. The van der Waals surface area contributed by atoms with Gasteiger partial charge in [-0.15, -0.1) is 0 Å². The van der Waals surface area contributed by atoms with Gasteiger partial charge in [-0.1, -0.05) is 12.1 Å². The minimum absolute atomic E-state index is 0.110. The van der Waals surface area contributed by atoms with E-state index in [4.69, 9.17) is 9.47 Å². The molecule has 0 radical (unpaired) electrons. The Balaban J connectivity index is 1.86. The average Bonchev–Trinajstić information content (AvgIpc) is 2.53. The van der Waals surface area contributed by atoms with Crippen LogP contribution in [0.25, 0.3) is 0 Å². The van der Waals surface area contributed by atoms with Crippen LogP contribution in [0, 0.1) is 0 Å². The monoisotopic (exact) mass is 363 g/mol. The minimum Gasteiger partial charge on any atom is -0.497 e. The zero-order valence-electron chi connectivity index (χ0n) is 12.5. The molecule has 2 rings (SSSR count). The van der Waals surface area contributed by atoms with Crippen LogP contribution in [-0.2, 0) is 0 Å². The molecule has 22 heavy (non-hydrogen) atoms. The van der Waals surface area contributed by atoms with Gasteiger partial charge in [0, 0.05) is 4.47 Å². The molecule has 0 spiro atoms. The van der Waals surface area contributed by atoms with Crippen molar-refractivity contribution >= 4 is 21.8 Å². The lowest BCUT2D eigenvalue weighted by Gasteiger charge is -2.15. The molecule has 2 aromatic rings. The molecule has 0 saturated carbocycles. The normalized spacial score (nSPS) is 11.6. The van der Waals surface area contributed by atoms with Crippen LogP contribution in [0.15, 0.2) is 53.0 Å². The quantitative estimate of drug-likeness (QED) is 0.851. The Bertz CT molecular complexity index is 628. The van der Waals surface area contributed by atoms with Crippen molar-refractivity contribution in [2.24, 2.45) is 0 Å². The molecular weight excluding hydrogens is 346 g/mol. The highest BCUT2D eigenvalue weighted by molar-refractivity contribution is 9.10. The Morgan fingerprint density at radius 2 is 1.77 bits per heavy atom. The molecule has 0 aromatic heterocycles. The van der Waals surface area contributed by atoms with Gasteiger partial charge in [0.1, 0.15) is 18.1 Å². The standard InChI is InChI=1S/C17H18BrNO3/c1-12(11-22-14-9-7-13(21-2)8-10-14)19-17(20)15-5-3-4-6-16(15)18/h3-10,12H,11H2,1-2H3,(H,19,20)/t12-/m0/s1. The van der Waals surface area contributed by atoms with Gasteiger partial charge >= 0.3 is 0 Å². The molecule has 0 saturated heterocycles. The van der Waals surface area contributed by atoms with Crippen molar-refractivity contribution in [3.05, 3.63) is 58.6 Å². The Morgan fingerprint density at radius 1 is 1.14 bits per heavy atom. The molecule has 0 aliphatic heterocycles. The van der Waals surface area contributed by atoms with Crippen molar-refractivity contribution in [1.29, 1.82) is 0 Å². The van der Waals surface area contributed by atoms with Crippen molar-refractivity contribution in [2.45, 2.75) is 13.0 Å². The van der Waals surface area contributed by atoms with Crippen molar-refractivity contribution < 1.29 is 14.3 Å². The second-order valence-corrected chi connectivity index (χ2v) is 5.70. The summed E-state index contributed by atoms with van der Waals surface area (Å²) >= 11 is 3.37. The van der Waals surface area contributed by atoms with Gasteiger partial charge in [-0.25, -0.2) is 0 Å². The van der Waals surface area contributed by atoms with Crippen LogP contribution < -0.4 is 14.8 Å². The number of carbonyl (C=O) groups is 1. The summed E-state index contributed by atoms with van der Waals surface area (Å²) in [5.41, 5.74) is 0.610. The van der Waals surface area contributed by atoms with Crippen LogP contribution in [0.3, 0.4) is 0 Å². The van der Waals surface area contributed by atoms with E-state index in [9.17, 15) is 4.79 Å². The molecule has 4 nitrogen and oxygen atoms in total. The SMILES string of the molecule is COc1ccc(OC[C@H](C)NC(=O)c2ccccc2Br)cc1. The van der Waals surface area contributed by atoms with Crippen LogP contribution in [0.4, 0.5) is 0 Å². The van der Waals surface area contributed by atoms with Crippen LogP contribution >= 0.6 is 15.9 Å². The van der Waals surface area contributed by atoms with E-state index in [0.717, 1.165) is 16.0 Å². The summed E-state index contributed by atoms with van der Waals surface area (Å²) in [6.07, 6.45) is 0. The Hall–Kier alpha value is -2.01. The molecule has 1 atom stereocenters. The number of hydrogen-bond donors (Lipinski definition) is 1. The van der Waals surface area contributed by atoms with E-state index in [1.165, 1.54) is 0 Å². The predicted molar refractivity (Wildman–Crippen MR) is 89.6 cm³/mol. The first-order valence-electron chi connectivity index (χ1n) is 6.92. The number of benzene rings is 2. The Kier molecular flexibility index (Phi) is 5.83. The van der Waals surface area contributed by atoms with Gasteiger partial charge in [0.2, 0.25) is 0 Å². The molecule has 0 unspecified atom stereocenters. The maximum absolute atomic E-state index is 12.2. The van der Waals surface area contributed by atoms with E-state index in [1.807, 2.05) is 49.4 Å². The third-order valence-electron chi connectivity index (χ3n) is 3.06. The van der Waals surface area contributed by atoms with Crippen molar-refractivity contribution in [1.82, 2.24) is 5.32 Å². The van der Waals surface area contributed by atoms with Crippen LogP contribution in [-0.4, -0.2) is 25.7 Å². The number of carbonyl (C=O) groups excluding carboxylic acids is 1. The van der Waals surface area contributed by atoms with Gasteiger partial charge in [0.05, 0.1) is 18.7 Å². The lowest BCUT2D eigenvalue weighted by Crippen LogP contribution is -2.36. The van der Waals surface area contributed by atoms with Crippen molar-refractivity contribution in [2.75, 3.05) is 13.7 Å². The number of hydrogen-bond acceptors (Lipinski definition) is 3. The second-order valence-electron chi connectivity index (χ2n) is 4.84. The molecule has 0 bridgehead atoms. The zero-order valence-corrected chi connectivity index (χ0v) is 14.1. The average molecular weight is 364 g/mol. The molecule has 116 valence electrons. The fourth-order valence-electron chi connectivity index (χ4n) is 1.88. The molecule has 0 aliphatic rings. The highest BCUT2D eigenvalue weighted by Crippen LogP contribution is 2.18. The van der Waals surface area contributed by atoms with Crippen molar-refractivity contribution in [3.63, 3.8) is 0 Å². The lowest BCUT2D eigenvalue weighted by molar-refractivity contribution is 0.0926. The topological polar surface area (TPSA) is 47.6 Å². The Morgan fingerprint density at radius 3 is 2.41 bits per heavy atom. The van der Waals surface area contributed by atoms with Crippen LogP contribution in [0.1, 0.15) is 17.3 Å². The first-order chi connectivity index (χ1) is 10.6. The largest absolute Gasteiger partial charge is 0.497 e. The lowest BCUT2D eigenvalue weighted by atomic mass is 10.2. The summed E-state index contributed by atoms with van der Waals surface area (Å²) in [6, 6.07) is 14.5. The molecule has 0 fully saturated rings. The third kappa shape index (κ3) is 4.49. The maximum Gasteiger partial charge on any atom is 0.252 e. The predicted octanol–water partition coefficient (Wildman–Crippen LogP) is 3.66. The van der Waals surface area contributed by atoms with Crippen molar-refractivity contribution in [3.8, 4) is 11.5 Å². The first-order valence-corrected chi connectivity index (χ1v) is 7.71. The molecule has 2 aromatic carbocycles. The number of nitrogens with one attached hydrogen (secondary N) is 1. The molecule has 0 heterocycles. The highest BCUT2D eigenvalue weighted by atomic mass is 79.9. The second kappa shape index (κ2) is 7.84. The maximum atomic E-state index is 12.2. The van der Waals surface area contributed by atoms with Gasteiger partial charge in [-0.2, -0.15) is 0 Å². The van der Waals surface area contributed by atoms with Gasteiger partial charge in [0.15, 0.2) is 0 Å². The van der Waals surface area contributed by atoms with E-state index in [1.54, 1.807) is 13.2 Å². The number of ether oxygens (including phenoxy) is 2. The van der Waals surface area contributed by atoms with Gasteiger partial charge < -0.3 is 14.8 Å². The third-order valence-corrected chi connectivity index (χ3v) is 3.75. The zero-order chi connectivity index (χ0) is 15.9. The molecular formula is C17H18BrNO3. The van der Waals surface area contributed by atoms with Gasteiger partial charge in [-0.3, -0.25) is 4.79 Å². The fraction of sp³-hybridized carbons (Fsp3) is 0.235. The summed E-state index contributed by atoms with van der Waals surface area (Å²) in [4.78, 5) is 12.2. The fourth-order valence-corrected chi connectivity index (χ4v) is 2.35. The number of amides is 1. The molecule has 1 amide bonds.